The van der Waals surface area contributed by atoms with Crippen molar-refractivity contribution in [3.8, 4) is 0 Å². The summed E-state index contributed by atoms with van der Waals surface area (Å²) in [4.78, 5) is 4.16. The number of aromatic nitrogens is 1. The second-order valence-corrected chi connectivity index (χ2v) is 4.07. The maximum Gasteiger partial charge on any atom is 0.165 e. The number of furan rings is 1. The molecule has 0 unspecified atom stereocenters. The summed E-state index contributed by atoms with van der Waals surface area (Å²) in [5, 5.41) is 0.511. The summed E-state index contributed by atoms with van der Waals surface area (Å²) < 4.78 is 6.30. The first kappa shape index (κ1) is 8.31. The van der Waals surface area contributed by atoms with Gasteiger partial charge in [0.2, 0.25) is 0 Å². The van der Waals surface area contributed by atoms with Crippen LogP contribution in [-0.2, 0) is 0 Å². The molecule has 2 aromatic heterocycles. The van der Waals surface area contributed by atoms with E-state index in [1.165, 1.54) is 0 Å². The summed E-state index contributed by atoms with van der Waals surface area (Å²) in [6.45, 7) is 1.95. The molecule has 2 nitrogen and oxygen atoms in total. The van der Waals surface area contributed by atoms with Crippen LogP contribution in [0.4, 0.5) is 0 Å². The van der Waals surface area contributed by atoms with E-state index in [0.717, 1.165) is 20.2 Å². The van der Waals surface area contributed by atoms with Gasteiger partial charge in [0.1, 0.15) is 10.7 Å². The molecule has 12 heavy (non-hydrogen) atoms. The normalized spacial score (nSPS) is 10.9. The molecule has 0 aromatic carbocycles. The number of pyridine rings is 1. The standard InChI is InChI=1S/C8H5ClINO/c1-4-3-12-8-5(10)2-6(9)11-7(4)8/h2-3H,1H3. The highest BCUT2D eigenvalue weighted by atomic mass is 127. The lowest BCUT2D eigenvalue weighted by molar-refractivity contribution is 0.610. The fourth-order valence-electron chi connectivity index (χ4n) is 1.06. The topological polar surface area (TPSA) is 26.0 Å². The van der Waals surface area contributed by atoms with E-state index in [4.69, 9.17) is 16.0 Å². The average Bonchev–Trinajstić information content (AvgIpc) is 2.33. The Kier molecular flexibility index (Phi) is 2.00. The molecule has 0 saturated heterocycles. The van der Waals surface area contributed by atoms with Gasteiger partial charge in [0.25, 0.3) is 0 Å². The van der Waals surface area contributed by atoms with Crippen LogP contribution in [0, 0.1) is 10.5 Å². The van der Waals surface area contributed by atoms with Gasteiger partial charge in [-0.25, -0.2) is 4.98 Å². The number of fused-ring (bicyclic) bond motifs is 1. The molecule has 2 aromatic rings. The summed E-state index contributed by atoms with van der Waals surface area (Å²) >= 11 is 7.97. The zero-order chi connectivity index (χ0) is 8.72. The van der Waals surface area contributed by atoms with Gasteiger partial charge in [0.15, 0.2) is 5.58 Å². The van der Waals surface area contributed by atoms with Crippen molar-refractivity contribution in [1.82, 2.24) is 4.98 Å². The molecular formula is C8H5ClINO. The lowest BCUT2D eigenvalue weighted by atomic mass is 10.3. The first-order valence-corrected chi connectivity index (χ1v) is 4.84. The highest BCUT2D eigenvalue weighted by molar-refractivity contribution is 14.1. The fourth-order valence-corrected chi connectivity index (χ4v) is 2.11. The van der Waals surface area contributed by atoms with E-state index in [2.05, 4.69) is 27.6 Å². The summed E-state index contributed by atoms with van der Waals surface area (Å²) in [6, 6.07) is 1.79. The monoisotopic (exact) mass is 293 g/mol. The van der Waals surface area contributed by atoms with E-state index >= 15 is 0 Å². The number of hydrogen-bond donors (Lipinski definition) is 0. The van der Waals surface area contributed by atoms with Gasteiger partial charge in [-0.05, 0) is 35.6 Å². The molecule has 0 fully saturated rings. The number of hydrogen-bond acceptors (Lipinski definition) is 2. The Labute approximate surface area is 88.1 Å². The van der Waals surface area contributed by atoms with Crippen molar-refractivity contribution in [2.45, 2.75) is 6.92 Å². The first-order chi connectivity index (χ1) is 5.68. The smallest absolute Gasteiger partial charge is 0.165 e. The number of rotatable bonds is 0. The van der Waals surface area contributed by atoms with Crippen LogP contribution in [-0.4, -0.2) is 4.98 Å². The zero-order valence-electron chi connectivity index (χ0n) is 6.27. The molecule has 0 atom stereocenters. The van der Waals surface area contributed by atoms with E-state index in [0.29, 0.717) is 5.15 Å². The van der Waals surface area contributed by atoms with Crippen molar-refractivity contribution < 1.29 is 4.42 Å². The molecule has 0 aliphatic rings. The Morgan fingerprint density at radius 2 is 2.33 bits per heavy atom. The van der Waals surface area contributed by atoms with Crippen LogP contribution in [0.25, 0.3) is 11.1 Å². The summed E-state index contributed by atoms with van der Waals surface area (Å²) in [7, 11) is 0. The van der Waals surface area contributed by atoms with Crippen molar-refractivity contribution in [2.24, 2.45) is 0 Å². The van der Waals surface area contributed by atoms with Gasteiger partial charge < -0.3 is 4.42 Å². The maximum atomic E-state index is 5.80. The summed E-state index contributed by atoms with van der Waals surface area (Å²) in [5.41, 5.74) is 2.69. The molecule has 0 spiro atoms. The lowest BCUT2D eigenvalue weighted by Gasteiger charge is -1.93. The number of nitrogens with zero attached hydrogens (tertiary/aromatic N) is 1. The molecule has 0 N–H and O–H groups in total. The van der Waals surface area contributed by atoms with E-state index in [1.54, 1.807) is 12.3 Å². The van der Waals surface area contributed by atoms with Crippen LogP contribution in [0.15, 0.2) is 16.7 Å². The zero-order valence-corrected chi connectivity index (χ0v) is 9.18. The molecule has 4 heteroatoms. The number of halogens is 2. The second-order valence-electron chi connectivity index (χ2n) is 2.52. The summed E-state index contributed by atoms with van der Waals surface area (Å²) in [6.07, 6.45) is 1.69. The SMILES string of the molecule is Cc1coc2c(I)cc(Cl)nc12. The van der Waals surface area contributed by atoms with Crippen molar-refractivity contribution in [3.63, 3.8) is 0 Å². The average molecular weight is 293 g/mol. The molecule has 62 valence electrons. The predicted octanol–water partition coefficient (Wildman–Crippen LogP) is 3.39. The molecule has 0 amide bonds. The molecule has 0 radical (unpaired) electrons. The molecule has 0 aliphatic heterocycles. The quantitative estimate of drug-likeness (QED) is 0.550. The third-order valence-corrected chi connectivity index (χ3v) is 2.62. The van der Waals surface area contributed by atoms with Gasteiger partial charge in [0, 0.05) is 5.56 Å². The van der Waals surface area contributed by atoms with Crippen LogP contribution in [0.5, 0.6) is 0 Å². The van der Waals surface area contributed by atoms with Gasteiger partial charge >= 0.3 is 0 Å². The minimum Gasteiger partial charge on any atom is -0.461 e. The third kappa shape index (κ3) is 1.21. The Balaban J connectivity index is 2.92. The fraction of sp³-hybridized carbons (Fsp3) is 0.125. The van der Waals surface area contributed by atoms with Crippen molar-refractivity contribution >= 4 is 45.3 Å². The highest BCUT2D eigenvalue weighted by Gasteiger charge is 2.08. The molecule has 2 heterocycles. The largest absolute Gasteiger partial charge is 0.461 e. The minimum atomic E-state index is 0.511. The first-order valence-electron chi connectivity index (χ1n) is 3.38. The van der Waals surface area contributed by atoms with Gasteiger partial charge in [0.05, 0.1) is 9.83 Å². The third-order valence-electron chi connectivity index (χ3n) is 1.62. The van der Waals surface area contributed by atoms with Crippen molar-refractivity contribution in [3.05, 3.63) is 26.6 Å². The van der Waals surface area contributed by atoms with E-state index < -0.39 is 0 Å². The Morgan fingerprint density at radius 1 is 1.58 bits per heavy atom. The Bertz CT molecular complexity index is 438. The molecule has 2 rings (SSSR count). The molecule has 0 aliphatic carbocycles. The van der Waals surface area contributed by atoms with E-state index in [-0.39, 0.29) is 0 Å². The molecule has 0 bridgehead atoms. The van der Waals surface area contributed by atoms with E-state index in [9.17, 15) is 0 Å². The van der Waals surface area contributed by atoms with E-state index in [1.807, 2.05) is 6.92 Å². The van der Waals surface area contributed by atoms with Gasteiger partial charge in [-0.1, -0.05) is 11.6 Å². The molecular weight excluding hydrogens is 288 g/mol. The predicted molar refractivity (Wildman–Crippen MR) is 56.5 cm³/mol. The Hall–Kier alpha value is -0.290. The second kappa shape index (κ2) is 2.88. The molecule has 0 saturated carbocycles. The van der Waals surface area contributed by atoms with Gasteiger partial charge in [-0.3, -0.25) is 0 Å². The van der Waals surface area contributed by atoms with Gasteiger partial charge in [-0.15, -0.1) is 0 Å². The highest BCUT2D eigenvalue weighted by Crippen LogP contribution is 2.25. The van der Waals surface area contributed by atoms with Crippen molar-refractivity contribution in [1.29, 1.82) is 0 Å². The van der Waals surface area contributed by atoms with Crippen molar-refractivity contribution in [2.75, 3.05) is 0 Å². The minimum absolute atomic E-state index is 0.511. The van der Waals surface area contributed by atoms with Crippen LogP contribution in [0.1, 0.15) is 5.56 Å². The van der Waals surface area contributed by atoms with Crippen LogP contribution < -0.4 is 0 Å². The van der Waals surface area contributed by atoms with Gasteiger partial charge in [-0.2, -0.15) is 0 Å². The Morgan fingerprint density at radius 3 is 3.08 bits per heavy atom. The summed E-state index contributed by atoms with van der Waals surface area (Å²) in [5.74, 6) is 0. The number of aryl methyl sites for hydroxylation is 1. The van der Waals surface area contributed by atoms with Crippen LogP contribution >= 0.6 is 34.2 Å². The maximum absolute atomic E-state index is 5.80. The van der Waals surface area contributed by atoms with Crippen LogP contribution in [0.2, 0.25) is 5.15 Å². The van der Waals surface area contributed by atoms with Crippen LogP contribution in [0.3, 0.4) is 0 Å². The lowest BCUT2D eigenvalue weighted by Crippen LogP contribution is -1.80.